The Bertz CT molecular complexity index is 667. The SMILES string of the molecule is CCS(=O)(=O)N1CCC(C(=O)Nc2c(C)cc(C)cc2C)CC1. The van der Waals surface area contributed by atoms with E-state index in [0.29, 0.717) is 25.9 Å². The first-order valence-electron chi connectivity index (χ1n) is 8.11. The van der Waals surface area contributed by atoms with E-state index in [-0.39, 0.29) is 17.6 Å². The molecule has 0 aromatic heterocycles. The van der Waals surface area contributed by atoms with Crippen LogP contribution in [0.15, 0.2) is 12.1 Å². The highest BCUT2D eigenvalue weighted by Crippen LogP contribution is 2.25. The van der Waals surface area contributed by atoms with E-state index in [2.05, 4.69) is 17.4 Å². The summed E-state index contributed by atoms with van der Waals surface area (Å²) >= 11 is 0. The van der Waals surface area contributed by atoms with E-state index >= 15 is 0 Å². The van der Waals surface area contributed by atoms with Crippen molar-refractivity contribution in [3.8, 4) is 0 Å². The summed E-state index contributed by atoms with van der Waals surface area (Å²) in [6.45, 7) is 8.53. The largest absolute Gasteiger partial charge is 0.325 e. The smallest absolute Gasteiger partial charge is 0.227 e. The average Bonchev–Trinajstić information content (AvgIpc) is 2.50. The van der Waals surface area contributed by atoms with Gasteiger partial charge in [-0.1, -0.05) is 17.7 Å². The second kappa shape index (κ2) is 7.01. The van der Waals surface area contributed by atoms with Crippen LogP contribution in [0, 0.1) is 26.7 Å². The number of aryl methyl sites for hydroxylation is 3. The maximum atomic E-state index is 12.5. The van der Waals surface area contributed by atoms with Crippen molar-refractivity contribution in [2.24, 2.45) is 5.92 Å². The fraction of sp³-hybridized carbons (Fsp3) is 0.588. The van der Waals surface area contributed by atoms with E-state index in [0.717, 1.165) is 16.8 Å². The molecule has 0 spiro atoms. The van der Waals surface area contributed by atoms with E-state index in [4.69, 9.17) is 0 Å². The average molecular weight is 338 g/mol. The van der Waals surface area contributed by atoms with Crippen LogP contribution in [-0.2, 0) is 14.8 Å². The third-order valence-electron chi connectivity index (χ3n) is 4.51. The van der Waals surface area contributed by atoms with Gasteiger partial charge in [-0.2, -0.15) is 0 Å². The molecule has 1 amide bonds. The molecule has 1 saturated heterocycles. The standard InChI is InChI=1S/C17H26N2O3S/c1-5-23(21,22)19-8-6-15(7-9-19)17(20)18-16-13(3)10-12(2)11-14(16)4/h10-11,15H,5-9H2,1-4H3,(H,18,20). The third kappa shape index (κ3) is 4.12. The van der Waals surface area contributed by atoms with Gasteiger partial charge in [-0.25, -0.2) is 12.7 Å². The van der Waals surface area contributed by atoms with Crippen molar-refractivity contribution < 1.29 is 13.2 Å². The molecule has 0 unspecified atom stereocenters. The van der Waals surface area contributed by atoms with Crippen molar-refractivity contribution in [3.05, 3.63) is 28.8 Å². The third-order valence-corrected chi connectivity index (χ3v) is 6.39. The summed E-state index contributed by atoms with van der Waals surface area (Å²) in [5.41, 5.74) is 4.17. The second-order valence-electron chi connectivity index (χ2n) is 6.34. The molecule has 1 aromatic carbocycles. The Morgan fingerprint density at radius 2 is 1.70 bits per heavy atom. The maximum Gasteiger partial charge on any atom is 0.227 e. The van der Waals surface area contributed by atoms with Gasteiger partial charge in [0, 0.05) is 24.7 Å². The van der Waals surface area contributed by atoms with Gasteiger partial charge in [-0.3, -0.25) is 4.79 Å². The molecule has 0 atom stereocenters. The Kier molecular flexibility index (Phi) is 5.47. The summed E-state index contributed by atoms with van der Waals surface area (Å²) < 4.78 is 25.2. The number of benzene rings is 1. The number of piperidine rings is 1. The van der Waals surface area contributed by atoms with Crippen molar-refractivity contribution >= 4 is 21.6 Å². The fourth-order valence-electron chi connectivity index (χ4n) is 3.18. The van der Waals surface area contributed by atoms with E-state index < -0.39 is 10.0 Å². The summed E-state index contributed by atoms with van der Waals surface area (Å²) in [6.07, 6.45) is 1.16. The number of nitrogens with one attached hydrogen (secondary N) is 1. The molecule has 5 nitrogen and oxygen atoms in total. The fourth-order valence-corrected chi connectivity index (χ4v) is 4.31. The Balaban J connectivity index is 2.01. The molecule has 1 fully saturated rings. The molecule has 6 heteroatoms. The molecule has 1 aliphatic heterocycles. The van der Waals surface area contributed by atoms with Crippen LogP contribution in [0.25, 0.3) is 0 Å². The molecule has 0 aliphatic carbocycles. The highest BCUT2D eigenvalue weighted by atomic mass is 32.2. The molecule has 0 saturated carbocycles. The van der Waals surface area contributed by atoms with E-state index in [1.54, 1.807) is 6.92 Å². The summed E-state index contributed by atoms with van der Waals surface area (Å²) in [7, 11) is -3.15. The zero-order valence-electron chi connectivity index (χ0n) is 14.3. The molecule has 1 heterocycles. The minimum atomic E-state index is -3.15. The van der Waals surface area contributed by atoms with E-state index in [1.807, 2.05) is 20.8 Å². The summed E-state index contributed by atoms with van der Waals surface area (Å²) in [6, 6.07) is 4.11. The molecule has 23 heavy (non-hydrogen) atoms. The first-order valence-corrected chi connectivity index (χ1v) is 9.72. The highest BCUT2D eigenvalue weighted by Gasteiger charge is 2.30. The van der Waals surface area contributed by atoms with Gasteiger partial charge in [-0.15, -0.1) is 0 Å². The number of hydrogen-bond acceptors (Lipinski definition) is 3. The minimum Gasteiger partial charge on any atom is -0.325 e. The van der Waals surface area contributed by atoms with Crippen molar-refractivity contribution in [3.63, 3.8) is 0 Å². The second-order valence-corrected chi connectivity index (χ2v) is 8.59. The molecule has 1 aromatic rings. The van der Waals surface area contributed by atoms with Crippen LogP contribution in [0.1, 0.15) is 36.5 Å². The first kappa shape index (κ1) is 17.9. The van der Waals surface area contributed by atoms with Crippen LogP contribution in [0.5, 0.6) is 0 Å². The molecule has 128 valence electrons. The highest BCUT2D eigenvalue weighted by molar-refractivity contribution is 7.89. The van der Waals surface area contributed by atoms with Gasteiger partial charge in [-0.05, 0) is 51.7 Å². The van der Waals surface area contributed by atoms with Crippen LogP contribution in [0.4, 0.5) is 5.69 Å². The van der Waals surface area contributed by atoms with Gasteiger partial charge >= 0.3 is 0 Å². The quantitative estimate of drug-likeness (QED) is 0.918. The zero-order chi connectivity index (χ0) is 17.2. The Morgan fingerprint density at radius 3 is 2.17 bits per heavy atom. The Morgan fingerprint density at radius 1 is 1.17 bits per heavy atom. The van der Waals surface area contributed by atoms with Gasteiger partial charge in [0.05, 0.1) is 5.75 Å². The lowest BCUT2D eigenvalue weighted by molar-refractivity contribution is -0.120. The minimum absolute atomic E-state index is 0.00593. The number of carbonyl (C=O) groups excluding carboxylic acids is 1. The molecular formula is C17H26N2O3S. The number of amides is 1. The maximum absolute atomic E-state index is 12.5. The number of hydrogen-bond donors (Lipinski definition) is 1. The topological polar surface area (TPSA) is 66.5 Å². The monoisotopic (exact) mass is 338 g/mol. The summed E-state index contributed by atoms with van der Waals surface area (Å²) in [4.78, 5) is 12.5. The first-order chi connectivity index (χ1) is 10.7. The van der Waals surface area contributed by atoms with Crippen molar-refractivity contribution in [2.75, 3.05) is 24.2 Å². The lowest BCUT2D eigenvalue weighted by Gasteiger charge is -2.30. The Hall–Kier alpha value is -1.40. The normalized spacial score (nSPS) is 17.2. The summed E-state index contributed by atoms with van der Waals surface area (Å²) in [5.74, 6) is -0.0157. The molecule has 1 aliphatic rings. The lowest BCUT2D eigenvalue weighted by atomic mass is 9.96. The molecule has 1 N–H and O–H groups in total. The van der Waals surface area contributed by atoms with Gasteiger partial charge in [0.25, 0.3) is 0 Å². The predicted molar refractivity (Wildman–Crippen MR) is 93.0 cm³/mol. The van der Waals surface area contributed by atoms with Crippen LogP contribution >= 0.6 is 0 Å². The van der Waals surface area contributed by atoms with Crippen LogP contribution in [-0.4, -0.2) is 37.5 Å². The number of nitrogens with zero attached hydrogens (tertiary/aromatic N) is 1. The van der Waals surface area contributed by atoms with E-state index in [1.165, 1.54) is 9.87 Å². The summed E-state index contributed by atoms with van der Waals surface area (Å²) in [5, 5.41) is 3.04. The Labute approximate surface area is 139 Å². The van der Waals surface area contributed by atoms with Crippen molar-refractivity contribution in [1.82, 2.24) is 4.31 Å². The lowest BCUT2D eigenvalue weighted by Crippen LogP contribution is -2.42. The molecule has 2 rings (SSSR count). The number of rotatable bonds is 4. The van der Waals surface area contributed by atoms with Crippen LogP contribution in [0.2, 0.25) is 0 Å². The zero-order valence-corrected chi connectivity index (χ0v) is 15.2. The van der Waals surface area contributed by atoms with Gasteiger partial charge in [0.15, 0.2) is 0 Å². The number of carbonyl (C=O) groups is 1. The number of anilines is 1. The van der Waals surface area contributed by atoms with Crippen LogP contribution < -0.4 is 5.32 Å². The number of sulfonamides is 1. The molecule has 0 radical (unpaired) electrons. The predicted octanol–water partition coefficient (Wildman–Crippen LogP) is 2.61. The van der Waals surface area contributed by atoms with Gasteiger partial charge < -0.3 is 5.32 Å². The van der Waals surface area contributed by atoms with Gasteiger partial charge in [0.1, 0.15) is 0 Å². The van der Waals surface area contributed by atoms with Crippen molar-refractivity contribution in [2.45, 2.75) is 40.5 Å². The van der Waals surface area contributed by atoms with E-state index in [9.17, 15) is 13.2 Å². The molecular weight excluding hydrogens is 312 g/mol. The molecule has 0 bridgehead atoms. The van der Waals surface area contributed by atoms with Crippen molar-refractivity contribution in [1.29, 1.82) is 0 Å². The van der Waals surface area contributed by atoms with Crippen LogP contribution in [0.3, 0.4) is 0 Å². The van der Waals surface area contributed by atoms with Gasteiger partial charge in [0.2, 0.25) is 15.9 Å².